The summed E-state index contributed by atoms with van der Waals surface area (Å²) in [5.74, 6) is -1.00. The van der Waals surface area contributed by atoms with Gasteiger partial charge in [-0.2, -0.15) is 0 Å². The maximum absolute atomic E-state index is 11.9. The minimum Gasteiger partial charge on any atom is -0.481 e. The fraction of sp³-hybridized carbons (Fsp3) is 0.857. The number of halogens is 2. The van der Waals surface area contributed by atoms with Gasteiger partial charge in [-0.1, -0.05) is 0 Å². The van der Waals surface area contributed by atoms with Crippen molar-refractivity contribution in [2.75, 3.05) is 32.8 Å². The molecule has 1 rings (SSSR count). The predicted molar refractivity (Wildman–Crippen MR) is 77.6 cm³/mol. The van der Waals surface area contributed by atoms with E-state index in [0.29, 0.717) is 0 Å². The second-order valence-electron chi connectivity index (χ2n) is 6.58. The van der Waals surface area contributed by atoms with Crippen molar-refractivity contribution in [3.05, 3.63) is 0 Å². The molecule has 0 saturated carbocycles. The van der Waals surface area contributed by atoms with E-state index in [1.54, 1.807) is 20.8 Å². The highest BCUT2D eigenvalue weighted by molar-refractivity contribution is 5.73. The maximum atomic E-state index is 11.9. The molecule has 1 heterocycles. The first-order chi connectivity index (χ1) is 10.5. The SMILES string of the molecule is CC(C)(C)OC(=O)N1CC(CC(=O)O)(NCCOCC(F)F)C1. The number of ether oxygens (including phenoxy) is 2. The smallest absolute Gasteiger partial charge is 0.410 e. The summed E-state index contributed by atoms with van der Waals surface area (Å²) in [5, 5.41) is 12.0. The van der Waals surface area contributed by atoms with Gasteiger partial charge in [-0.25, -0.2) is 13.6 Å². The molecular formula is C14H24F2N2O5. The van der Waals surface area contributed by atoms with Crippen molar-refractivity contribution in [3.63, 3.8) is 0 Å². The third kappa shape index (κ3) is 7.08. The van der Waals surface area contributed by atoms with Gasteiger partial charge in [0.25, 0.3) is 6.43 Å². The molecule has 134 valence electrons. The molecule has 1 fully saturated rings. The van der Waals surface area contributed by atoms with Crippen LogP contribution in [0, 0.1) is 0 Å². The van der Waals surface area contributed by atoms with Gasteiger partial charge in [0.1, 0.15) is 12.2 Å². The second-order valence-corrected chi connectivity index (χ2v) is 6.58. The Kier molecular flexibility index (Phi) is 6.69. The molecule has 0 radical (unpaired) electrons. The number of amides is 1. The number of carboxylic acids is 1. The van der Waals surface area contributed by atoms with Gasteiger partial charge in [-0.3, -0.25) is 4.79 Å². The van der Waals surface area contributed by atoms with Gasteiger partial charge < -0.3 is 24.8 Å². The van der Waals surface area contributed by atoms with E-state index in [0.717, 1.165) is 0 Å². The molecule has 1 aliphatic heterocycles. The monoisotopic (exact) mass is 338 g/mol. The molecular weight excluding hydrogens is 314 g/mol. The zero-order valence-electron chi connectivity index (χ0n) is 13.6. The average molecular weight is 338 g/mol. The molecule has 0 unspecified atom stereocenters. The van der Waals surface area contributed by atoms with Crippen molar-refractivity contribution in [2.24, 2.45) is 0 Å². The highest BCUT2D eigenvalue weighted by Crippen LogP contribution is 2.26. The number of nitrogens with zero attached hydrogens (tertiary/aromatic N) is 1. The number of rotatable bonds is 8. The highest BCUT2D eigenvalue weighted by Gasteiger charge is 2.47. The summed E-state index contributed by atoms with van der Waals surface area (Å²) in [6, 6.07) is 0. The van der Waals surface area contributed by atoms with Crippen LogP contribution in [0.1, 0.15) is 27.2 Å². The standard InChI is InChI=1S/C14H24F2N2O5/c1-13(2,3)23-12(21)18-8-14(9-18,6-11(19)20)17-4-5-22-7-10(15)16/h10,17H,4-9H2,1-3H3,(H,19,20). The Labute approximate surface area is 133 Å². The van der Waals surface area contributed by atoms with Crippen LogP contribution in [-0.2, 0) is 14.3 Å². The first-order valence-corrected chi connectivity index (χ1v) is 7.34. The number of carbonyl (C=O) groups is 2. The summed E-state index contributed by atoms with van der Waals surface area (Å²) in [7, 11) is 0. The zero-order chi connectivity index (χ0) is 17.7. The number of alkyl halides is 2. The van der Waals surface area contributed by atoms with Gasteiger partial charge in [0.2, 0.25) is 0 Å². The Hall–Kier alpha value is -1.48. The van der Waals surface area contributed by atoms with E-state index in [1.807, 2.05) is 0 Å². The van der Waals surface area contributed by atoms with Crippen LogP contribution in [0.2, 0.25) is 0 Å². The number of aliphatic carboxylic acids is 1. The normalized spacial score (nSPS) is 17.0. The Morgan fingerprint density at radius 2 is 1.96 bits per heavy atom. The summed E-state index contributed by atoms with van der Waals surface area (Å²) >= 11 is 0. The lowest BCUT2D eigenvalue weighted by Crippen LogP contribution is -2.71. The van der Waals surface area contributed by atoms with Gasteiger partial charge in [-0.15, -0.1) is 0 Å². The number of carbonyl (C=O) groups excluding carboxylic acids is 1. The maximum Gasteiger partial charge on any atom is 0.410 e. The lowest BCUT2D eigenvalue weighted by Gasteiger charge is -2.49. The fourth-order valence-corrected chi connectivity index (χ4v) is 2.28. The largest absolute Gasteiger partial charge is 0.481 e. The highest BCUT2D eigenvalue weighted by atomic mass is 19.3. The summed E-state index contributed by atoms with van der Waals surface area (Å²) in [5.41, 5.74) is -1.41. The summed E-state index contributed by atoms with van der Waals surface area (Å²) in [6.45, 7) is 5.21. The van der Waals surface area contributed by atoms with E-state index in [9.17, 15) is 18.4 Å². The minimum absolute atomic E-state index is 0.0398. The van der Waals surface area contributed by atoms with Crippen LogP contribution in [0.4, 0.5) is 13.6 Å². The molecule has 0 atom stereocenters. The molecule has 7 nitrogen and oxygen atoms in total. The van der Waals surface area contributed by atoms with E-state index in [-0.39, 0.29) is 32.7 Å². The van der Waals surface area contributed by atoms with Crippen LogP contribution in [0.3, 0.4) is 0 Å². The molecule has 0 aromatic heterocycles. The predicted octanol–water partition coefficient (Wildman–Crippen LogP) is 1.32. The number of hydrogen-bond donors (Lipinski definition) is 2. The molecule has 0 bridgehead atoms. The second kappa shape index (κ2) is 7.87. The van der Waals surface area contributed by atoms with Gasteiger partial charge in [0, 0.05) is 19.6 Å². The van der Waals surface area contributed by atoms with E-state index in [4.69, 9.17) is 14.6 Å². The van der Waals surface area contributed by atoms with Gasteiger partial charge in [0.15, 0.2) is 0 Å². The summed E-state index contributed by atoms with van der Waals surface area (Å²) in [6.07, 6.45) is -3.22. The first kappa shape index (κ1) is 19.6. The van der Waals surface area contributed by atoms with E-state index >= 15 is 0 Å². The third-order valence-electron chi connectivity index (χ3n) is 3.12. The quantitative estimate of drug-likeness (QED) is 0.649. The van der Waals surface area contributed by atoms with E-state index in [2.05, 4.69) is 5.32 Å². The Morgan fingerprint density at radius 3 is 2.43 bits per heavy atom. The van der Waals surface area contributed by atoms with E-state index < -0.39 is 36.2 Å². The van der Waals surface area contributed by atoms with Gasteiger partial charge >= 0.3 is 12.1 Å². The van der Waals surface area contributed by atoms with Crippen LogP contribution in [0.5, 0.6) is 0 Å². The molecule has 1 amide bonds. The Balaban J connectivity index is 2.43. The molecule has 0 aliphatic carbocycles. The number of hydrogen-bond acceptors (Lipinski definition) is 5. The number of likely N-dealkylation sites (tertiary alicyclic amines) is 1. The Morgan fingerprint density at radius 1 is 1.35 bits per heavy atom. The molecule has 0 aromatic rings. The van der Waals surface area contributed by atoms with Crippen LogP contribution in [0.25, 0.3) is 0 Å². The summed E-state index contributed by atoms with van der Waals surface area (Å²) in [4.78, 5) is 24.3. The fourth-order valence-electron chi connectivity index (χ4n) is 2.28. The van der Waals surface area contributed by atoms with Crippen LogP contribution in [-0.4, -0.2) is 72.5 Å². The summed E-state index contributed by atoms with van der Waals surface area (Å²) < 4.78 is 33.8. The number of nitrogens with one attached hydrogen (secondary N) is 1. The average Bonchev–Trinajstić information content (AvgIpc) is 2.30. The van der Waals surface area contributed by atoms with Crippen molar-refractivity contribution < 1.29 is 33.0 Å². The van der Waals surface area contributed by atoms with Crippen molar-refractivity contribution in [3.8, 4) is 0 Å². The van der Waals surface area contributed by atoms with E-state index in [1.165, 1.54) is 4.90 Å². The molecule has 23 heavy (non-hydrogen) atoms. The molecule has 9 heteroatoms. The van der Waals surface area contributed by atoms with Gasteiger partial charge in [0.05, 0.1) is 18.6 Å². The van der Waals surface area contributed by atoms with Crippen LogP contribution < -0.4 is 5.32 Å². The lowest BCUT2D eigenvalue weighted by atomic mass is 9.86. The molecule has 0 spiro atoms. The van der Waals surface area contributed by atoms with Crippen LogP contribution in [0.15, 0.2) is 0 Å². The van der Waals surface area contributed by atoms with Crippen molar-refractivity contribution in [1.82, 2.24) is 10.2 Å². The molecule has 1 saturated heterocycles. The lowest BCUT2D eigenvalue weighted by molar-refractivity contribution is -0.141. The van der Waals surface area contributed by atoms with Crippen molar-refractivity contribution in [2.45, 2.75) is 44.8 Å². The van der Waals surface area contributed by atoms with Crippen molar-refractivity contribution >= 4 is 12.1 Å². The van der Waals surface area contributed by atoms with Crippen molar-refractivity contribution in [1.29, 1.82) is 0 Å². The minimum atomic E-state index is -2.53. The Bertz CT molecular complexity index is 420. The first-order valence-electron chi connectivity index (χ1n) is 7.34. The van der Waals surface area contributed by atoms with Gasteiger partial charge in [-0.05, 0) is 20.8 Å². The zero-order valence-corrected chi connectivity index (χ0v) is 13.6. The molecule has 2 N–H and O–H groups in total. The molecule has 0 aromatic carbocycles. The molecule has 1 aliphatic rings. The topological polar surface area (TPSA) is 88.1 Å². The van der Waals surface area contributed by atoms with Crippen LogP contribution >= 0.6 is 0 Å². The third-order valence-corrected chi connectivity index (χ3v) is 3.12. The number of carboxylic acid groups (broad SMARTS) is 1.